The van der Waals surface area contributed by atoms with E-state index >= 15 is 0 Å². The van der Waals surface area contributed by atoms with E-state index in [1.54, 1.807) is 23.3 Å². The summed E-state index contributed by atoms with van der Waals surface area (Å²) in [6.07, 6.45) is 7.96. The van der Waals surface area contributed by atoms with Gasteiger partial charge in [0, 0.05) is 47.8 Å². The molecule has 0 unspecified atom stereocenters. The molecule has 0 aromatic carbocycles. The highest BCUT2D eigenvalue weighted by Crippen LogP contribution is 2.34. The summed E-state index contributed by atoms with van der Waals surface area (Å²) in [4.78, 5) is 16.4. The van der Waals surface area contributed by atoms with E-state index in [1.165, 1.54) is 0 Å². The summed E-state index contributed by atoms with van der Waals surface area (Å²) in [5.41, 5.74) is 2.83. The maximum atomic E-state index is 9.60. The first-order valence-electron chi connectivity index (χ1n) is 9.64. The highest BCUT2D eigenvalue weighted by atomic mass is 35.5. The summed E-state index contributed by atoms with van der Waals surface area (Å²) in [6.45, 7) is 6.49. The Balaban J connectivity index is 1.89. The number of nitriles is 1. The minimum atomic E-state index is -0.827. The summed E-state index contributed by atoms with van der Waals surface area (Å²) in [5, 5.41) is 18.9. The van der Waals surface area contributed by atoms with E-state index in [0.29, 0.717) is 28.0 Å². The Kier molecular flexibility index (Phi) is 5.14. The van der Waals surface area contributed by atoms with Crippen molar-refractivity contribution < 1.29 is 0 Å². The third-order valence-electron chi connectivity index (χ3n) is 4.78. The van der Waals surface area contributed by atoms with Crippen LogP contribution in [0.1, 0.15) is 27.2 Å². The van der Waals surface area contributed by atoms with Gasteiger partial charge in [0.25, 0.3) is 0 Å². The molecule has 0 saturated carbocycles. The number of hydrogen-bond acceptors (Lipinski definition) is 6. The van der Waals surface area contributed by atoms with Crippen LogP contribution >= 0.6 is 11.6 Å². The Morgan fingerprint density at radius 3 is 2.93 bits per heavy atom. The van der Waals surface area contributed by atoms with Crippen molar-refractivity contribution in [2.45, 2.75) is 32.7 Å². The fourth-order valence-corrected chi connectivity index (χ4v) is 3.24. The van der Waals surface area contributed by atoms with Gasteiger partial charge in [0.1, 0.15) is 16.9 Å². The van der Waals surface area contributed by atoms with Gasteiger partial charge in [-0.05, 0) is 32.4 Å². The van der Waals surface area contributed by atoms with Crippen molar-refractivity contribution >= 4 is 28.6 Å². The van der Waals surface area contributed by atoms with Gasteiger partial charge < -0.3 is 10.3 Å². The Morgan fingerprint density at radius 2 is 2.17 bits per heavy atom. The second kappa shape index (κ2) is 7.76. The quantitative estimate of drug-likeness (QED) is 0.471. The lowest BCUT2D eigenvalue weighted by molar-refractivity contribution is 0.420. The van der Waals surface area contributed by atoms with Crippen LogP contribution in [0.3, 0.4) is 0 Å². The van der Waals surface area contributed by atoms with Gasteiger partial charge in [0.2, 0.25) is 5.95 Å². The molecule has 4 rings (SSSR count). The predicted molar refractivity (Wildman–Crippen MR) is 117 cm³/mol. The molecule has 30 heavy (non-hydrogen) atoms. The van der Waals surface area contributed by atoms with Crippen molar-refractivity contribution in [3.8, 4) is 28.6 Å². The number of nitrogens with zero attached hydrogens (tertiary/aromatic N) is 6. The van der Waals surface area contributed by atoms with E-state index in [0.717, 1.165) is 29.5 Å². The van der Waals surface area contributed by atoms with Crippen molar-refractivity contribution in [1.82, 2.24) is 29.7 Å². The van der Waals surface area contributed by atoms with Crippen LogP contribution in [0.2, 0.25) is 5.02 Å². The van der Waals surface area contributed by atoms with E-state index in [-0.39, 0.29) is 0 Å². The highest BCUT2D eigenvalue weighted by Gasteiger charge is 2.25. The Bertz CT molecular complexity index is 1250. The SMILES string of the molecule is CCCNc1nccc(-c2cn(C(C)(C)C#N)nc2-c2cnc3[nH]cc(Cl)c3c2)n1. The predicted octanol–water partition coefficient (Wildman–Crippen LogP) is 4.62. The molecule has 2 N–H and O–H groups in total. The molecule has 0 amide bonds. The topological polar surface area (TPSA) is 108 Å². The number of nitrogens with one attached hydrogen (secondary N) is 2. The molecule has 0 aliphatic heterocycles. The summed E-state index contributed by atoms with van der Waals surface area (Å²) >= 11 is 6.29. The lowest BCUT2D eigenvalue weighted by atomic mass is 10.1. The van der Waals surface area contributed by atoms with Crippen molar-refractivity contribution in [1.29, 1.82) is 5.26 Å². The van der Waals surface area contributed by atoms with Crippen molar-refractivity contribution in [2.24, 2.45) is 0 Å². The van der Waals surface area contributed by atoms with E-state index in [2.05, 4.69) is 38.2 Å². The molecule has 0 aliphatic rings. The molecule has 0 fully saturated rings. The number of anilines is 1. The molecule has 9 heteroatoms. The third-order valence-corrected chi connectivity index (χ3v) is 5.09. The van der Waals surface area contributed by atoms with Crippen LogP contribution < -0.4 is 5.32 Å². The van der Waals surface area contributed by atoms with Crippen LogP contribution in [-0.2, 0) is 5.54 Å². The van der Waals surface area contributed by atoms with E-state index in [4.69, 9.17) is 16.7 Å². The fourth-order valence-electron chi connectivity index (χ4n) is 3.04. The van der Waals surface area contributed by atoms with Gasteiger partial charge in [0.15, 0.2) is 0 Å². The standard InChI is InChI=1S/C21H21ClN8/c1-4-6-24-20-25-7-5-17(28-20)15-11-30(21(2,3)12-23)29-18(15)13-8-14-16(22)10-27-19(14)26-9-13/h5,7-11H,4,6H2,1-3H3,(H,26,27)(H,24,25,28). The summed E-state index contributed by atoms with van der Waals surface area (Å²) < 4.78 is 1.65. The van der Waals surface area contributed by atoms with Crippen molar-refractivity contribution in [3.63, 3.8) is 0 Å². The van der Waals surface area contributed by atoms with Gasteiger partial charge in [-0.2, -0.15) is 10.4 Å². The largest absolute Gasteiger partial charge is 0.354 e. The number of aromatic nitrogens is 6. The zero-order valence-electron chi connectivity index (χ0n) is 16.9. The van der Waals surface area contributed by atoms with Gasteiger partial charge in [-0.15, -0.1) is 0 Å². The highest BCUT2D eigenvalue weighted by molar-refractivity contribution is 6.35. The van der Waals surface area contributed by atoms with Crippen molar-refractivity contribution in [2.75, 3.05) is 11.9 Å². The number of rotatable bonds is 6. The second-order valence-electron chi connectivity index (χ2n) is 7.46. The van der Waals surface area contributed by atoms with Gasteiger partial charge in [0.05, 0.1) is 16.8 Å². The molecular formula is C21H21ClN8. The monoisotopic (exact) mass is 420 g/mol. The van der Waals surface area contributed by atoms with Gasteiger partial charge in [-0.25, -0.2) is 15.0 Å². The summed E-state index contributed by atoms with van der Waals surface area (Å²) in [7, 11) is 0. The first-order chi connectivity index (χ1) is 14.4. The second-order valence-corrected chi connectivity index (χ2v) is 7.86. The molecule has 0 atom stereocenters. The van der Waals surface area contributed by atoms with Crippen LogP contribution in [0.25, 0.3) is 33.5 Å². The lowest BCUT2D eigenvalue weighted by Crippen LogP contribution is -2.24. The number of pyridine rings is 1. The lowest BCUT2D eigenvalue weighted by Gasteiger charge is -2.15. The van der Waals surface area contributed by atoms with Crippen LogP contribution in [0.5, 0.6) is 0 Å². The normalized spacial score (nSPS) is 11.6. The molecule has 8 nitrogen and oxygen atoms in total. The molecule has 0 bridgehead atoms. The molecule has 0 saturated heterocycles. The van der Waals surface area contributed by atoms with Crippen LogP contribution in [0.4, 0.5) is 5.95 Å². The van der Waals surface area contributed by atoms with Gasteiger partial charge in [-0.1, -0.05) is 18.5 Å². The molecule has 0 radical (unpaired) electrons. The summed E-state index contributed by atoms with van der Waals surface area (Å²) in [6, 6.07) is 6.06. The minimum Gasteiger partial charge on any atom is -0.354 e. The zero-order valence-corrected chi connectivity index (χ0v) is 17.7. The molecule has 4 aromatic heterocycles. The van der Waals surface area contributed by atoms with Crippen LogP contribution in [-0.4, -0.2) is 36.3 Å². The first kappa shape index (κ1) is 19.9. The number of fused-ring (bicyclic) bond motifs is 1. The number of H-pyrrole nitrogens is 1. The maximum Gasteiger partial charge on any atom is 0.223 e. The molecule has 152 valence electrons. The van der Waals surface area contributed by atoms with E-state index in [1.807, 2.05) is 32.2 Å². The molecule has 4 heterocycles. The number of hydrogen-bond donors (Lipinski definition) is 2. The van der Waals surface area contributed by atoms with Gasteiger partial charge in [-0.3, -0.25) is 4.68 Å². The van der Waals surface area contributed by atoms with E-state index in [9.17, 15) is 5.26 Å². The third kappa shape index (κ3) is 3.60. The number of aromatic amines is 1. The average Bonchev–Trinajstić information content (AvgIpc) is 3.37. The molecule has 0 spiro atoms. The molecule has 4 aromatic rings. The minimum absolute atomic E-state index is 0.551. The smallest absolute Gasteiger partial charge is 0.223 e. The van der Waals surface area contributed by atoms with E-state index < -0.39 is 5.54 Å². The Morgan fingerprint density at radius 1 is 1.33 bits per heavy atom. The Labute approximate surface area is 179 Å². The molecule has 0 aliphatic carbocycles. The fraction of sp³-hybridized carbons (Fsp3) is 0.286. The van der Waals surface area contributed by atoms with Gasteiger partial charge >= 0.3 is 0 Å². The molecular weight excluding hydrogens is 400 g/mol. The zero-order chi connectivity index (χ0) is 21.3. The van der Waals surface area contributed by atoms with Crippen LogP contribution in [0, 0.1) is 11.3 Å². The van der Waals surface area contributed by atoms with Crippen LogP contribution in [0.15, 0.2) is 36.9 Å². The first-order valence-corrected chi connectivity index (χ1v) is 10.0. The van der Waals surface area contributed by atoms with Crippen molar-refractivity contribution in [3.05, 3.63) is 41.9 Å². The maximum absolute atomic E-state index is 9.60. The summed E-state index contributed by atoms with van der Waals surface area (Å²) in [5.74, 6) is 0.551. The number of halogens is 1. The average molecular weight is 421 g/mol. The Hall–Kier alpha value is -3.44.